The molecule has 0 saturated carbocycles. The lowest BCUT2D eigenvalue weighted by Crippen LogP contribution is -2.41. The average Bonchev–Trinajstić information content (AvgIpc) is 2.90. The molecule has 1 aliphatic heterocycles. The Morgan fingerprint density at radius 2 is 1.66 bits per heavy atom. The van der Waals surface area contributed by atoms with Crippen molar-refractivity contribution < 1.29 is 19.1 Å². The number of hydrogen-bond acceptors (Lipinski definition) is 4. The van der Waals surface area contributed by atoms with E-state index in [1.165, 1.54) is 0 Å². The van der Waals surface area contributed by atoms with Gasteiger partial charge in [-0.25, -0.2) is 4.79 Å². The third-order valence-electron chi connectivity index (χ3n) is 6.07. The van der Waals surface area contributed by atoms with Gasteiger partial charge in [-0.15, -0.1) is 0 Å². The summed E-state index contributed by atoms with van der Waals surface area (Å²) >= 11 is 5.93. The summed E-state index contributed by atoms with van der Waals surface area (Å²) in [5, 5.41) is 6.47. The third kappa shape index (κ3) is 6.05. The molecule has 1 aliphatic rings. The second kappa shape index (κ2) is 11.1. The van der Waals surface area contributed by atoms with Gasteiger partial charge in [0.15, 0.2) is 11.5 Å². The van der Waals surface area contributed by atoms with Crippen molar-refractivity contribution in [2.24, 2.45) is 0 Å². The second-order valence-electron chi connectivity index (χ2n) is 8.37. The lowest BCUT2D eigenvalue weighted by Gasteiger charge is -2.33. The highest BCUT2D eigenvalue weighted by atomic mass is 35.5. The predicted molar refractivity (Wildman–Crippen MR) is 138 cm³/mol. The van der Waals surface area contributed by atoms with Crippen LogP contribution in [0.1, 0.15) is 34.7 Å². The number of ether oxygens (including phenoxy) is 2. The van der Waals surface area contributed by atoms with Gasteiger partial charge < -0.3 is 25.0 Å². The number of nitrogens with zero attached hydrogens (tertiary/aromatic N) is 1. The minimum atomic E-state index is -0.216. The van der Waals surface area contributed by atoms with Crippen molar-refractivity contribution in [3.05, 3.63) is 82.9 Å². The van der Waals surface area contributed by atoms with Crippen LogP contribution in [-0.2, 0) is 0 Å². The van der Waals surface area contributed by atoms with Gasteiger partial charge in [-0.05, 0) is 66.9 Å². The van der Waals surface area contributed by atoms with Gasteiger partial charge in [-0.3, -0.25) is 4.79 Å². The van der Waals surface area contributed by atoms with E-state index in [1.807, 2.05) is 23.1 Å². The van der Waals surface area contributed by atoms with E-state index in [2.05, 4.69) is 10.6 Å². The third-order valence-corrected chi connectivity index (χ3v) is 6.32. The van der Waals surface area contributed by atoms with E-state index in [-0.39, 0.29) is 17.9 Å². The number of anilines is 2. The van der Waals surface area contributed by atoms with E-state index >= 15 is 0 Å². The molecule has 182 valence electrons. The fourth-order valence-electron chi connectivity index (χ4n) is 4.22. The number of halogens is 1. The zero-order chi connectivity index (χ0) is 24.8. The molecule has 35 heavy (non-hydrogen) atoms. The number of carbonyl (C=O) groups excluding carboxylic acids is 2. The van der Waals surface area contributed by atoms with Crippen LogP contribution in [0.15, 0.2) is 66.7 Å². The van der Waals surface area contributed by atoms with Crippen molar-refractivity contribution in [3.8, 4) is 11.5 Å². The molecule has 2 N–H and O–H groups in total. The van der Waals surface area contributed by atoms with Crippen molar-refractivity contribution in [3.63, 3.8) is 0 Å². The summed E-state index contributed by atoms with van der Waals surface area (Å²) in [6.45, 7) is 1.27. The molecule has 3 amide bonds. The average molecular weight is 494 g/mol. The first kappa shape index (κ1) is 24.4. The van der Waals surface area contributed by atoms with Crippen molar-refractivity contribution >= 4 is 34.9 Å². The molecule has 1 saturated heterocycles. The number of benzene rings is 3. The molecule has 3 aromatic rings. The lowest BCUT2D eigenvalue weighted by molar-refractivity contribution is 0.102. The number of nitrogens with one attached hydrogen (secondary N) is 2. The first-order valence-corrected chi connectivity index (χ1v) is 11.8. The van der Waals surface area contributed by atoms with E-state index < -0.39 is 0 Å². The molecule has 0 bridgehead atoms. The van der Waals surface area contributed by atoms with Gasteiger partial charge in [0.2, 0.25) is 0 Å². The summed E-state index contributed by atoms with van der Waals surface area (Å²) in [5.41, 5.74) is 2.91. The summed E-state index contributed by atoms with van der Waals surface area (Å²) in [4.78, 5) is 27.6. The van der Waals surface area contributed by atoms with Gasteiger partial charge in [-0.2, -0.15) is 0 Å². The van der Waals surface area contributed by atoms with Crippen LogP contribution in [0.4, 0.5) is 16.2 Å². The Kier molecular flexibility index (Phi) is 7.77. The van der Waals surface area contributed by atoms with E-state index in [0.717, 1.165) is 18.4 Å². The van der Waals surface area contributed by atoms with Gasteiger partial charge in [0.25, 0.3) is 5.91 Å². The van der Waals surface area contributed by atoms with Crippen LogP contribution in [0.3, 0.4) is 0 Å². The molecule has 0 aliphatic carbocycles. The van der Waals surface area contributed by atoms with Gasteiger partial charge in [0.05, 0.1) is 14.2 Å². The van der Waals surface area contributed by atoms with Gasteiger partial charge in [-0.1, -0.05) is 23.7 Å². The minimum absolute atomic E-state index is 0.139. The molecule has 0 aromatic heterocycles. The normalized spacial score (nSPS) is 15.3. The summed E-state index contributed by atoms with van der Waals surface area (Å²) < 4.78 is 10.6. The Labute approximate surface area is 210 Å². The van der Waals surface area contributed by atoms with Crippen LogP contribution in [0.5, 0.6) is 11.5 Å². The predicted octanol–water partition coefficient (Wildman–Crippen LogP) is 6.02. The van der Waals surface area contributed by atoms with Crippen molar-refractivity contribution in [2.45, 2.75) is 18.8 Å². The van der Waals surface area contributed by atoms with Crippen LogP contribution >= 0.6 is 11.6 Å². The summed E-state index contributed by atoms with van der Waals surface area (Å²) in [6.07, 6.45) is 1.84. The van der Waals surface area contributed by atoms with Gasteiger partial charge >= 0.3 is 6.03 Å². The van der Waals surface area contributed by atoms with Crippen molar-refractivity contribution in [2.75, 3.05) is 37.9 Å². The number of piperidine rings is 1. The molecule has 0 spiro atoms. The quantitative estimate of drug-likeness (QED) is 0.440. The first-order valence-electron chi connectivity index (χ1n) is 11.4. The molecule has 1 atom stereocenters. The maximum atomic E-state index is 12.9. The smallest absolute Gasteiger partial charge is 0.321 e. The first-order chi connectivity index (χ1) is 17.0. The molecule has 8 heteroatoms. The van der Waals surface area contributed by atoms with E-state index in [1.54, 1.807) is 62.8 Å². The topological polar surface area (TPSA) is 79.9 Å². The molecule has 0 radical (unpaired) electrons. The Bertz CT molecular complexity index is 1200. The number of rotatable bonds is 6. The lowest BCUT2D eigenvalue weighted by atomic mass is 9.89. The maximum absolute atomic E-state index is 12.9. The number of carbonyl (C=O) groups is 2. The molecular weight excluding hydrogens is 466 g/mol. The molecule has 7 nitrogen and oxygen atoms in total. The minimum Gasteiger partial charge on any atom is -0.493 e. The highest BCUT2D eigenvalue weighted by Gasteiger charge is 2.25. The van der Waals surface area contributed by atoms with E-state index in [4.69, 9.17) is 21.1 Å². The molecular formula is C27H28ClN3O4. The Hall–Kier alpha value is -3.71. The fraction of sp³-hybridized carbons (Fsp3) is 0.259. The highest BCUT2D eigenvalue weighted by molar-refractivity contribution is 6.30. The van der Waals surface area contributed by atoms with Crippen LogP contribution in [0, 0.1) is 0 Å². The maximum Gasteiger partial charge on any atom is 0.321 e. The standard InChI is InChI=1S/C27H28ClN3O4/c1-34-24-13-12-23(16-25(24)35-2)29-26(32)19-6-3-5-18(15-19)20-7-4-14-31(17-20)27(33)30-22-10-8-21(28)9-11-22/h3,5-6,8-13,15-16,20H,4,7,14,17H2,1-2H3,(H,29,32)(H,30,33). The summed E-state index contributed by atoms with van der Waals surface area (Å²) in [5.74, 6) is 1.06. The fourth-order valence-corrected chi connectivity index (χ4v) is 4.35. The largest absolute Gasteiger partial charge is 0.493 e. The number of methoxy groups -OCH3 is 2. The van der Waals surface area contributed by atoms with Crippen LogP contribution in [-0.4, -0.2) is 44.1 Å². The highest BCUT2D eigenvalue weighted by Crippen LogP contribution is 2.31. The monoisotopic (exact) mass is 493 g/mol. The number of urea groups is 1. The Morgan fingerprint density at radius 3 is 2.40 bits per heavy atom. The summed E-state index contributed by atoms with van der Waals surface area (Å²) in [7, 11) is 3.12. The number of likely N-dealkylation sites (tertiary alicyclic amines) is 1. The van der Waals surface area contributed by atoms with E-state index in [0.29, 0.717) is 46.5 Å². The van der Waals surface area contributed by atoms with Gasteiger partial charge in [0.1, 0.15) is 0 Å². The van der Waals surface area contributed by atoms with E-state index in [9.17, 15) is 9.59 Å². The van der Waals surface area contributed by atoms with Crippen LogP contribution < -0.4 is 20.1 Å². The van der Waals surface area contributed by atoms with Crippen molar-refractivity contribution in [1.29, 1.82) is 0 Å². The zero-order valence-corrected chi connectivity index (χ0v) is 20.5. The SMILES string of the molecule is COc1ccc(NC(=O)c2cccc(C3CCCN(C(=O)Nc4ccc(Cl)cc4)C3)c2)cc1OC. The summed E-state index contributed by atoms with van der Waals surface area (Å²) in [6, 6.07) is 19.7. The molecule has 1 unspecified atom stereocenters. The zero-order valence-electron chi connectivity index (χ0n) is 19.7. The van der Waals surface area contributed by atoms with Gasteiger partial charge in [0, 0.05) is 47.0 Å². The molecule has 3 aromatic carbocycles. The van der Waals surface area contributed by atoms with Crippen LogP contribution in [0.2, 0.25) is 5.02 Å². The Balaban J connectivity index is 1.42. The van der Waals surface area contributed by atoms with Crippen LogP contribution in [0.25, 0.3) is 0 Å². The molecule has 4 rings (SSSR count). The molecule has 1 fully saturated rings. The molecule has 1 heterocycles. The Morgan fingerprint density at radius 1 is 0.914 bits per heavy atom. The number of amides is 3. The van der Waals surface area contributed by atoms with Crippen molar-refractivity contribution in [1.82, 2.24) is 4.90 Å². The number of hydrogen-bond donors (Lipinski definition) is 2. The second-order valence-corrected chi connectivity index (χ2v) is 8.81.